The third-order valence-electron chi connectivity index (χ3n) is 4.79. The van der Waals surface area contributed by atoms with Crippen molar-refractivity contribution in [3.8, 4) is 0 Å². The van der Waals surface area contributed by atoms with E-state index in [1.165, 1.54) is 0 Å². The zero-order chi connectivity index (χ0) is 14.8. The molecule has 3 atom stereocenters. The Morgan fingerprint density at radius 3 is 2.65 bits per heavy atom. The van der Waals surface area contributed by atoms with Crippen LogP contribution in [-0.2, 0) is 4.74 Å². The van der Waals surface area contributed by atoms with Gasteiger partial charge in [0.25, 0.3) is 0 Å². The molecule has 0 aromatic carbocycles. The van der Waals surface area contributed by atoms with Crippen molar-refractivity contribution in [2.24, 2.45) is 5.73 Å². The molecule has 2 aliphatic rings. The van der Waals surface area contributed by atoms with Crippen molar-refractivity contribution < 1.29 is 17.9 Å². The fourth-order valence-corrected chi connectivity index (χ4v) is 3.63. The van der Waals surface area contributed by atoms with E-state index in [4.69, 9.17) is 10.5 Å². The highest BCUT2D eigenvalue weighted by molar-refractivity contribution is 4.98. The molecule has 0 spiro atoms. The van der Waals surface area contributed by atoms with Crippen molar-refractivity contribution >= 4 is 0 Å². The molecule has 2 fully saturated rings. The Balaban J connectivity index is 1.97. The number of halogens is 3. The molecular weight excluding hydrogens is 269 g/mol. The second-order valence-electron chi connectivity index (χ2n) is 6.27. The topological polar surface area (TPSA) is 38.5 Å². The first-order valence-corrected chi connectivity index (χ1v) is 7.51. The fraction of sp³-hybridized carbons (Fsp3) is 1.00. The fourth-order valence-electron chi connectivity index (χ4n) is 3.63. The average Bonchev–Trinajstić information content (AvgIpc) is 2.84. The predicted molar refractivity (Wildman–Crippen MR) is 71.5 cm³/mol. The van der Waals surface area contributed by atoms with Gasteiger partial charge in [-0.05, 0) is 39.0 Å². The summed E-state index contributed by atoms with van der Waals surface area (Å²) in [6.07, 6.45) is -0.647. The minimum atomic E-state index is -4.07. The van der Waals surface area contributed by atoms with E-state index in [2.05, 4.69) is 4.90 Å². The summed E-state index contributed by atoms with van der Waals surface area (Å²) >= 11 is 0. The third kappa shape index (κ3) is 3.65. The molecule has 0 aromatic rings. The van der Waals surface area contributed by atoms with E-state index in [0.29, 0.717) is 25.6 Å². The summed E-state index contributed by atoms with van der Waals surface area (Å²) in [6, 6.07) is 0.336. The summed E-state index contributed by atoms with van der Waals surface area (Å²) in [5.74, 6) is 0. The van der Waals surface area contributed by atoms with Gasteiger partial charge in [0.1, 0.15) is 0 Å². The van der Waals surface area contributed by atoms with E-state index >= 15 is 0 Å². The molecule has 2 rings (SSSR count). The first-order valence-electron chi connectivity index (χ1n) is 7.51. The zero-order valence-corrected chi connectivity index (χ0v) is 12.1. The molecule has 0 radical (unpaired) electrons. The van der Waals surface area contributed by atoms with Crippen molar-refractivity contribution in [1.82, 2.24) is 4.90 Å². The third-order valence-corrected chi connectivity index (χ3v) is 4.79. The van der Waals surface area contributed by atoms with Gasteiger partial charge in [-0.2, -0.15) is 13.2 Å². The van der Waals surface area contributed by atoms with Crippen LogP contribution >= 0.6 is 0 Å². The molecule has 1 aliphatic carbocycles. The van der Waals surface area contributed by atoms with Gasteiger partial charge >= 0.3 is 6.18 Å². The summed E-state index contributed by atoms with van der Waals surface area (Å²) < 4.78 is 42.7. The maximum absolute atomic E-state index is 12.3. The van der Waals surface area contributed by atoms with Gasteiger partial charge in [-0.3, -0.25) is 4.90 Å². The Labute approximate surface area is 118 Å². The van der Waals surface area contributed by atoms with E-state index < -0.39 is 12.6 Å². The van der Waals surface area contributed by atoms with Gasteiger partial charge in [0.15, 0.2) is 0 Å². The molecule has 0 amide bonds. The van der Waals surface area contributed by atoms with Crippen molar-refractivity contribution in [2.75, 3.05) is 19.7 Å². The molecule has 1 aliphatic heterocycles. The van der Waals surface area contributed by atoms with Gasteiger partial charge in [0.2, 0.25) is 0 Å². The molecule has 0 aromatic heterocycles. The summed E-state index contributed by atoms with van der Waals surface area (Å²) in [6.45, 7) is 3.84. The summed E-state index contributed by atoms with van der Waals surface area (Å²) in [4.78, 5) is 2.32. The highest BCUT2D eigenvalue weighted by atomic mass is 19.4. The molecule has 6 heteroatoms. The Kier molecular flexibility index (Phi) is 4.97. The highest BCUT2D eigenvalue weighted by Gasteiger charge is 2.43. The lowest BCUT2D eigenvalue weighted by Crippen LogP contribution is -2.61. The summed E-state index contributed by atoms with van der Waals surface area (Å²) in [7, 11) is 0. The number of ether oxygens (including phenoxy) is 1. The summed E-state index contributed by atoms with van der Waals surface area (Å²) in [5.41, 5.74) is 5.56. The number of nitrogens with two attached hydrogens (primary N) is 1. The molecule has 3 unspecified atom stereocenters. The lowest BCUT2D eigenvalue weighted by Gasteiger charge is -2.49. The zero-order valence-electron chi connectivity index (χ0n) is 12.1. The second-order valence-corrected chi connectivity index (χ2v) is 6.27. The molecule has 3 nitrogen and oxygen atoms in total. The maximum atomic E-state index is 12.3. The van der Waals surface area contributed by atoms with Gasteiger partial charge < -0.3 is 10.5 Å². The van der Waals surface area contributed by atoms with Crippen LogP contribution < -0.4 is 5.73 Å². The Morgan fingerprint density at radius 1 is 1.25 bits per heavy atom. The van der Waals surface area contributed by atoms with E-state index in [1.54, 1.807) is 0 Å². The standard InChI is InChI=1S/C14H25F3N2O/c1-13(10-18,6-3-7-14(15,16)17)19-8-9-20-12-5-2-4-11(12)19/h11-12H,2-10,18H2,1H3. The average molecular weight is 294 g/mol. The van der Waals surface area contributed by atoms with Crippen LogP contribution in [0.2, 0.25) is 0 Å². The Hall–Kier alpha value is -0.330. The first-order chi connectivity index (χ1) is 9.36. The van der Waals surface area contributed by atoms with Crippen LogP contribution in [0.4, 0.5) is 13.2 Å². The van der Waals surface area contributed by atoms with Crippen molar-refractivity contribution in [3.05, 3.63) is 0 Å². The minimum absolute atomic E-state index is 0.145. The molecule has 2 N–H and O–H groups in total. The molecular formula is C14H25F3N2O. The summed E-state index contributed by atoms with van der Waals surface area (Å²) in [5, 5.41) is 0. The number of morpholine rings is 1. The molecule has 1 saturated carbocycles. The number of fused-ring (bicyclic) bond motifs is 1. The predicted octanol–water partition coefficient (Wildman–Crippen LogP) is 2.69. The SMILES string of the molecule is CC(CN)(CCCC(F)(F)F)N1CCOC2CCCC21. The quantitative estimate of drug-likeness (QED) is 0.847. The second kappa shape index (κ2) is 6.20. The Bertz CT molecular complexity index is 324. The van der Waals surface area contributed by atoms with Crippen LogP contribution in [0.1, 0.15) is 45.4 Å². The molecule has 1 saturated heterocycles. The van der Waals surface area contributed by atoms with Crippen molar-refractivity contribution in [2.45, 2.75) is 69.3 Å². The number of rotatable bonds is 5. The van der Waals surface area contributed by atoms with Gasteiger partial charge in [-0.25, -0.2) is 0 Å². The van der Waals surface area contributed by atoms with Crippen LogP contribution in [-0.4, -0.2) is 48.5 Å². The monoisotopic (exact) mass is 294 g/mol. The number of hydrogen-bond donors (Lipinski definition) is 1. The highest BCUT2D eigenvalue weighted by Crippen LogP contribution is 2.36. The molecule has 20 heavy (non-hydrogen) atoms. The van der Waals surface area contributed by atoms with Crippen LogP contribution in [0.25, 0.3) is 0 Å². The number of hydrogen-bond acceptors (Lipinski definition) is 3. The van der Waals surface area contributed by atoms with Crippen molar-refractivity contribution in [1.29, 1.82) is 0 Å². The largest absolute Gasteiger partial charge is 0.389 e. The number of nitrogens with zero attached hydrogens (tertiary/aromatic N) is 1. The van der Waals surface area contributed by atoms with E-state index in [9.17, 15) is 13.2 Å². The van der Waals surface area contributed by atoms with Crippen LogP contribution in [0.15, 0.2) is 0 Å². The molecule has 0 bridgehead atoms. The van der Waals surface area contributed by atoms with E-state index in [-0.39, 0.29) is 18.1 Å². The van der Waals surface area contributed by atoms with Crippen molar-refractivity contribution in [3.63, 3.8) is 0 Å². The smallest absolute Gasteiger partial charge is 0.375 e. The van der Waals surface area contributed by atoms with Gasteiger partial charge in [0.05, 0.1) is 12.7 Å². The van der Waals surface area contributed by atoms with Gasteiger partial charge in [-0.15, -0.1) is 0 Å². The Morgan fingerprint density at radius 2 is 2.00 bits per heavy atom. The van der Waals surface area contributed by atoms with E-state index in [0.717, 1.165) is 25.8 Å². The molecule has 1 heterocycles. The normalized spacial score (nSPS) is 31.1. The van der Waals surface area contributed by atoms with Crippen LogP contribution in [0, 0.1) is 0 Å². The van der Waals surface area contributed by atoms with Gasteiger partial charge in [-0.1, -0.05) is 0 Å². The van der Waals surface area contributed by atoms with Gasteiger partial charge in [0, 0.05) is 31.1 Å². The maximum Gasteiger partial charge on any atom is 0.389 e. The lowest BCUT2D eigenvalue weighted by molar-refractivity contribution is -0.139. The first kappa shape index (κ1) is 16.0. The van der Waals surface area contributed by atoms with E-state index in [1.807, 2.05) is 6.92 Å². The van der Waals surface area contributed by atoms with Crippen LogP contribution in [0.5, 0.6) is 0 Å². The number of alkyl halides is 3. The minimum Gasteiger partial charge on any atom is -0.375 e. The lowest BCUT2D eigenvalue weighted by atomic mass is 9.89. The van der Waals surface area contributed by atoms with Crippen LogP contribution in [0.3, 0.4) is 0 Å². The molecule has 118 valence electrons.